The number of carbonyl (C=O) groups excluding carboxylic acids is 1. The molecule has 1 aromatic rings. The second kappa shape index (κ2) is 6.33. The molecule has 0 radical (unpaired) electrons. The average molecular weight is 294 g/mol. The third kappa shape index (κ3) is 3.56. The van der Waals surface area contributed by atoms with Gasteiger partial charge in [0.25, 0.3) is 0 Å². The molecule has 0 aromatic carbocycles. The molecule has 1 aliphatic heterocycles. The number of aromatic nitrogens is 2. The van der Waals surface area contributed by atoms with E-state index in [1.807, 2.05) is 11.8 Å². The smallest absolute Gasteiger partial charge is 0.329 e. The number of anilines is 2. The van der Waals surface area contributed by atoms with Crippen LogP contribution in [0.15, 0.2) is 6.20 Å². The molecule has 1 amide bonds. The molecule has 9 nitrogen and oxygen atoms in total. The Hall–Kier alpha value is -2.45. The quantitative estimate of drug-likeness (QED) is 0.606. The van der Waals surface area contributed by atoms with Crippen molar-refractivity contribution in [2.24, 2.45) is 0 Å². The summed E-state index contributed by atoms with van der Waals surface area (Å²) in [7, 11) is 0. The zero-order valence-corrected chi connectivity index (χ0v) is 11.8. The van der Waals surface area contributed by atoms with Crippen LogP contribution in [0.5, 0.6) is 0 Å². The van der Waals surface area contributed by atoms with Gasteiger partial charge in [0.1, 0.15) is 6.20 Å². The number of carbonyl (C=O) groups is 1. The molecule has 114 valence electrons. The van der Waals surface area contributed by atoms with Crippen molar-refractivity contribution in [1.82, 2.24) is 14.9 Å². The Morgan fingerprint density at radius 3 is 2.95 bits per heavy atom. The van der Waals surface area contributed by atoms with Crippen LogP contribution in [-0.2, 0) is 4.79 Å². The van der Waals surface area contributed by atoms with E-state index in [0.29, 0.717) is 13.0 Å². The lowest BCUT2D eigenvalue weighted by molar-refractivity contribution is -0.384. The molecule has 2 heterocycles. The van der Waals surface area contributed by atoms with Gasteiger partial charge in [-0.15, -0.1) is 0 Å². The number of likely N-dealkylation sites (tertiary alicyclic amines) is 1. The summed E-state index contributed by atoms with van der Waals surface area (Å²) in [5, 5.41) is 13.6. The maximum absolute atomic E-state index is 11.8. The molecular formula is C12H18N6O3. The highest BCUT2D eigenvalue weighted by molar-refractivity contribution is 5.77. The number of piperidine rings is 1. The van der Waals surface area contributed by atoms with Gasteiger partial charge < -0.3 is 16.0 Å². The molecule has 9 heteroatoms. The molecule has 1 atom stereocenters. The maximum atomic E-state index is 11.8. The number of hydrogen-bond acceptors (Lipinski definition) is 7. The molecule has 1 aliphatic rings. The fourth-order valence-corrected chi connectivity index (χ4v) is 2.26. The number of rotatable bonds is 5. The van der Waals surface area contributed by atoms with Gasteiger partial charge in [-0.05, 0) is 19.8 Å². The van der Waals surface area contributed by atoms with Gasteiger partial charge in [0.15, 0.2) is 0 Å². The van der Waals surface area contributed by atoms with E-state index < -0.39 is 4.92 Å². The number of nitrogens with one attached hydrogen (secondary N) is 1. The number of nitrogen functional groups attached to an aromatic ring is 1. The molecule has 0 spiro atoms. The summed E-state index contributed by atoms with van der Waals surface area (Å²) in [5.74, 6) is 0.188. The van der Waals surface area contributed by atoms with E-state index in [4.69, 9.17) is 5.73 Å². The van der Waals surface area contributed by atoms with Crippen molar-refractivity contribution in [3.8, 4) is 0 Å². The first-order valence-corrected chi connectivity index (χ1v) is 6.79. The van der Waals surface area contributed by atoms with Crippen LogP contribution in [0.1, 0.15) is 26.2 Å². The lowest BCUT2D eigenvalue weighted by Gasteiger charge is -2.32. The number of nitro groups is 1. The van der Waals surface area contributed by atoms with Crippen molar-refractivity contribution < 1.29 is 9.72 Å². The predicted molar refractivity (Wildman–Crippen MR) is 76.6 cm³/mol. The van der Waals surface area contributed by atoms with Crippen LogP contribution < -0.4 is 11.1 Å². The first-order valence-electron chi connectivity index (χ1n) is 6.79. The van der Waals surface area contributed by atoms with Crippen molar-refractivity contribution in [2.75, 3.05) is 24.1 Å². The number of hydrogen-bond donors (Lipinski definition) is 2. The first kappa shape index (κ1) is 14.9. The van der Waals surface area contributed by atoms with Gasteiger partial charge in [-0.2, -0.15) is 4.98 Å². The fourth-order valence-electron chi connectivity index (χ4n) is 2.26. The Kier molecular flexibility index (Phi) is 4.51. The van der Waals surface area contributed by atoms with Crippen LogP contribution in [0.2, 0.25) is 0 Å². The van der Waals surface area contributed by atoms with Gasteiger partial charge in [-0.1, -0.05) is 0 Å². The van der Waals surface area contributed by atoms with Crippen LogP contribution in [0.4, 0.5) is 17.5 Å². The van der Waals surface area contributed by atoms with Crippen molar-refractivity contribution in [3.05, 3.63) is 16.3 Å². The summed E-state index contributed by atoms with van der Waals surface area (Å²) >= 11 is 0. The van der Waals surface area contributed by atoms with Crippen LogP contribution in [0.25, 0.3) is 0 Å². The number of amides is 1. The summed E-state index contributed by atoms with van der Waals surface area (Å²) in [6.07, 6.45) is 3.61. The minimum absolute atomic E-state index is 0.00202. The molecule has 0 unspecified atom stereocenters. The highest BCUT2D eigenvalue weighted by Crippen LogP contribution is 2.18. The van der Waals surface area contributed by atoms with Crippen molar-refractivity contribution >= 4 is 23.4 Å². The summed E-state index contributed by atoms with van der Waals surface area (Å²) in [5.41, 5.74) is 5.18. The monoisotopic (exact) mass is 294 g/mol. The van der Waals surface area contributed by atoms with E-state index in [0.717, 1.165) is 25.6 Å². The van der Waals surface area contributed by atoms with Crippen LogP contribution in [-0.4, -0.2) is 44.8 Å². The summed E-state index contributed by atoms with van der Waals surface area (Å²) < 4.78 is 0. The van der Waals surface area contributed by atoms with Gasteiger partial charge in [-0.25, -0.2) is 4.98 Å². The van der Waals surface area contributed by atoms with E-state index in [-0.39, 0.29) is 29.4 Å². The highest BCUT2D eigenvalue weighted by Gasteiger charge is 2.23. The van der Waals surface area contributed by atoms with Crippen LogP contribution in [0.3, 0.4) is 0 Å². The summed E-state index contributed by atoms with van der Waals surface area (Å²) in [4.78, 5) is 31.3. The summed E-state index contributed by atoms with van der Waals surface area (Å²) in [6, 6.07) is -0.00202. The minimum atomic E-state index is -0.631. The molecule has 0 bridgehead atoms. The number of nitrogens with two attached hydrogens (primary N) is 1. The molecule has 3 N–H and O–H groups in total. The van der Waals surface area contributed by atoms with Gasteiger partial charge in [0.2, 0.25) is 17.7 Å². The fraction of sp³-hybridized carbons (Fsp3) is 0.583. The van der Waals surface area contributed by atoms with E-state index in [1.54, 1.807) is 0 Å². The molecule has 0 aliphatic carbocycles. The SMILES string of the molecule is C[C@H](CNc1ncc([N+](=O)[O-])c(N)n1)N1CCCCC1=O. The van der Waals surface area contributed by atoms with Crippen LogP contribution in [0, 0.1) is 10.1 Å². The third-order valence-electron chi connectivity index (χ3n) is 3.44. The van der Waals surface area contributed by atoms with E-state index >= 15 is 0 Å². The Morgan fingerprint density at radius 2 is 2.33 bits per heavy atom. The number of nitrogens with zero attached hydrogens (tertiary/aromatic N) is 4. The van der Waals surface area contributed by atoms with Gasteiger partial charge in [-0.3, -0.25) is 14.9 Å². The Morgan fingerprint density at radius 1 is 1.57 bits per heavy atom. The third-order valence-corrected chi connectivity index (χ3v) is 3.44. The molecule has 1 saturated heterocycles. The average Bonchev–Trinajstić information content (AvgIpc) is 2.45. The van der Waals surface area contributed by atoms with E-state index in [2.05, 4.69) is 15.3 Å². The topological polar surface area (TPSA) is 127 Å². The second-order valence-electron chi connectivity index (χ2n) is 5.00. The lowest BCUT2D eigenvalue weighted by atomic mass is 10.1. The Bertz CT molecular complexity index is 550. The second-order valence-corrected chi connectivity index (χ2v) is 5.00. The van der Waals surface area contributed by atoms with Gasteiger partial charge in [0, 0.05) is 25.6 Å². The zero-order chi connectivity index (χ0) is 15.4. The highest BCUT2D eigenvalue weighted by atomic mass is 16.6. The zero-order valence-electron chi connectivity index (χ0n) is 11.8. The van der Waals surface area contributed by atoms with E-state index in [9.17, 15) is 14.9 Å². The molecular weight excluding hydrogens is 276 g/mol. The standard InChI is InChI=1S/C12H18N6O3/c1-8(17-5-3-2-4-10(17)19)6-14-12-15-7-9(18(20)21)11(13)16-12/h7-8H,2-6H2,1H3,(H3,13,14,15,16)/t8-/m1/s1. The molecule has 1 aromatic heterocycles. The van der Waals surface area contributed by atoms with Gasteiger partial charge >= 0.3 is 5.69 Å². The predicted octanol–water partition coefficient (Wildman–Crippen LogP) is 0.780. The molecule has 1 fully saturated rings. The van der Waals surface area contributed by atoms with E-state index in [1.165, 1.54) is 0 Å². The van der Waals surface area contributed by atoms with Crippen molar-refractivity contribution in [2.45, 2.75) is 32.2 Å². The van der Waals surface area contributed by atoms with Crippen LogP contribution >= 0.6 is 0 Å². The minimum Gasteiger partial charge on any atom is -0.378 e. The lowest BCUT2D eigenvalue weighted by Crippen LogP contribution is -2.45. The van der Waals surface area contributed by atoms with Crippen molar-refractivity contribution in [1.29, 1.82) is 0 Å². The normalized spacial score (nSPS) is 16.6. The first-order chi connectivity index (χ1) is 9.99. The molecule has 0 saturated carbocycles. The molecule has 2 rings (SSSR count). The van der Waals surface area contributed by atoms with Gasteiger partial charge in [0.05, 0.1) is 4.92 Å². The Balaban J connectivity index is 1.94. The maximum Gasteiger partial charge on any atom is 0.329 e. The summed E-state index contributed by atoms with van der Waals surface area (Å²) in [6.45, 7) is 3.15. The van der Waals surface area contributed by atoms with Crippen molar-refractivity contribution in [3.63, 3.8) is 0 Å². The molecule has 21 heavy (non-hydrogen) atoms. The largest absolute Gasteiger partial charge is 0.378 e. The Labute approximate surface area is 121 Å².